The minimum atomic E-state index is -0.854. The molecule has 2 amide bonds. The fourth-order valence-electron chi connectivity index (χ4n) is 2.52. The van der Waals surface area contributed by atoms with E-state index in [4.69, 9.17) is 11.6 Å². The monoisotopic (exact) mass is 374 g/mol. The van der Waals surface area contributed by atoms with Crippen LogP contribution in [0.3, 0.4) is 0 Å². The normalized spacial score (nSPS) is 21.6. The SMILES string of the molecule is O=C(Nc1ccc(Cl)cc1Br)NC1CCCCC1C(=O)O. The van der Waals surface area contributed by atoms with Crippen LogP contribution in [-0.2, 0) is 4.79 Å². The molecule has 1 aromatic carbocycles. The second-order valence-corrected chi connectivity index (χ2v) is 6.35. The number of carbonyl (C=O) groups is 2. The summed E-state index contributed by atoms with van der Waals surface area (Å²) in [7, 11) is 0. The summed E-state index contributed by atoms with van der Waals surface area (Å²) in [6.07, 6.45) is 3.11. The largest absolute Gasteiger partial charge is 0.481 e. The second-order valence-electron chi connectivity index (χ2n) is 5.06. The summed E-state index contributed by atoms with van der Waals surface area (Å²) < 4.78 is 0.670. The fraction of sp³-hybridized carbons (Fsp3) is 0.429. The van der Waals surface area contributed by atoms with Gasteiger partial charge in [0.15, 0.2) is 0 Å². The molecule has 1 fully saturated rings. The summed E-state index contributed by atoms with van der Waals surface area (Å²) in [4.78, 5) is 23.2. The second kappa shape index (κ2) is 7.13. The summed E-state index contributed by atoms with van der Waals surface area (Å²) in [5.74, 6) is -1.37. The van der Waals surface area contributed by atoms with Crippen molar-refractivity contribution in [1.82, 2.24) is 5.32 Å². The van der Waals surface area contributed by atoms with Gasteiger partial charge in [-0.2, -0.15) is 0 Å². The van der Waals surface area contributed by atoms with Gasteiger partial charge in [0.05, 0.1) is 11.6 Å². The quantitative estimate of drug-likeness (QED) is 0.750. The van der Waals surface area contributed by atoms with E-state index in [2.05, 4.69) is 26.6 Å². The zero-order valence-corrected chi connectivity index (χ0v) is 13.6. The number of urea groups is 1. The molecule has 1 aliphatic carbocycles. The van der Waals surface area contributed by atoms with Crippen molar-refractivity contribution in [3.8, 4) is 0 Å². The molecule has 114 valence electrons. The highest BCUT2D eigenvalue weighted by Gasteiger charge is 2.31. The highest BCUT2D eigenvalue weighted by atomic mass is 79.9. The number of benzene rings is 1. The van der Waals surface area contributed by atoms with Gasteiger partial charge in [0.1, 0.15) is 0 Å². The zero-order valence-electron chi connectivity index (χ0n) is 11.2. The van der Waals surface area contributed by atoms with Gasteiger partial charge in [0.2, 0.25) is 0 Å². The third kappa shape index (κ3) is 4.35. The molecular weight excluding hydrogens is 360 g/mol. The number of nitrogens with one attached hydrogen (secondary N) is 2. The number of hydrogen-bond acceptors (Lipinski definition) is 2. The van der Waals surface area contributed by atoms with E-state index >= 15 is 0 Å². The van der Waals surface area contributed by atoms with E-state index in [1.54, 1.807) is 18.2 Å². The Kier molecular flexibility index (Phi) is 5.47. The number of aliphatic carboxylic acids is 1. The maximum atomic E-state index is 12.0. The lowest BCUT2D eigenvalue weighted by atomic mass is 9.84. The third-order valence-electron chi connectivity index (χ3n) is 3.58. The van der Waals surface area contributed by atoms with E-state index in [0.29, 0.717) is 28.0 Å². The Morgan fingerprint density at radius 2 is 2.00 bits per heavy atom. The van der Waals surface area contributed by atoms with Crippen LogP contribution in [0.15, 0.2) is 22.7 Å². The lowest BCUT2D eigenvalue weighted by Gasteiger charge is -2.29. The Balaban J connectivity index is 1.98. The van der Waals surface area contributed by atoms with Gasteiger partial charge in [-0.25, -0.2) is 4.79 Å². The Morgan fingerprint density at radius 1 is 1.29 bits per heavy atom. The molecule has 7 heteroatoms. The number of amides is 2. The van der Waals surface area contributed by atoms with Crippen LogP contribution in [0.2, 0.25) is 5.02 Å². The Hall–Kier alpha value is -1.27. The molecule has 21 heavy (non-hydrogen) atoms. The lowest BCUT2D eigenvalue weighted by molar-refractivity contribution is -0.143. The van der Waals surface area contributed by atoms with E-state index in [1.807, 2.05) is 0 Å². The van der Waals surface area contributed by atoms with Crippen molar-refractivity contribution in [3.63, 3.8) is 0 Å². The Morgan fingerprint density at radius 3 is 2.67 bits per heavy atom. The lowest BCUT2D eigenvalue weighted by Crippen LogP contribution is -2.46. The highest BCUT2D eigenvalue weighted by molar-refractivity contribution is 9.10. The van der Waals surface area contributed by atoms with Crippen LogP contribution in [0, 0.1) is 5.92 Å². The maximum Gasteiger partial charge on any atom is 0.319 e. The molecular formula is C14H16BrClN2O3. The Labute approximate surface area is 136 Å². The van der Waals surface area contributed by atoms with Gasteiger partial charge >= 0.3 is 12.0 Å². The van der Waals surface area contributed by atoms with Crippen molar-refractivity contribution >= 4 is 45.2 Å². The maximum absolute atomic E-state index is 12.0. The van der Waals surface area contributed by atoms with Gasteiger partial charge in [0, 0.05) is 15.5 Å². The number of carboxylic acid groups (broad SMARTS) is 1. The van der Waals surface area contributed by atoms with Crippen LogP contribution >= 0.6 is 27.5 Å². The van der Waals surface area contributed by atoms with Gasteiger partial charge in [-0.15, -0.1) is 0 Å². The first-order valence-corrected chi connectivity index (χ1v) is 7.90. The van der Waals surface area contributed by atoms with Crippen molar-refractivity contribution in [3.05, 3.63) is 27.7 Å². The predicted molar refractivity (Wildman–Crippen MR) is 84.7 cm³/mol. The first-order valence-electron chi connectivity index (χ1n) is 6.73. The molecule has 3 N–H and O–H groups in total. The van der Waals surface area contributed by atoms with E-state index in [9.17, 15) is 14.7 Å². The minimum Gasteiger partial charge on any atom is -0.481 e. The summed E-state index contributed by atoms with van der Waals surface area (Å²) in [5, 5.41) is 15.2. The molecule has 2 rings (SSSR count). The van der Waals surface area contributed by atoms with Crippen LogP contribution in [0.25, 0.3) is 0 Å². The van der Waals surface area contributed by atoms with Crippen LogP contribution in [0.1, 0.15) is 25.7 Å². The molecule has 0 aromatic heterocycles. The molecule has 0 saturated heterocycles. The molecule has 0 spiro atoms. The topological polar surface area (TPSA) is 78.4 Å². The average molecular weight is 376 g/mol. The number of rotatable bonds is 3. The zero-order chi connectivity index (χ0) is 15.4. The Bertz CT molecular complexity index is 553. The van der Waals surface area contributed by atoms with Crippen LogP contribution in [0.5, 0.6) is 0 Å². The van der Waals surface area contributed by atoms with E-state index < -0.39 is 17.9 Å². The standard InChI is InChI=1S/C14H16BrClN2O3/c15-10-7-8(16)5-6-12(10)18-14(21)17-11-4-2-1-3-9(11)13(19)20/h5-7,9,11H,1-4H2,(H,19,20)(H2,17,18,21). The molecule has 2 atom stereocenters. The number of halogens is 2. The average Bonchev–Trinajstić information content (AvgIpc) is 2.42. The molecule has 2 unspecified atom stereocenters. The summed E-state index contributed by atoms with van der Waals surface area (Å²) in [5.41, 5.74) is 0.583. The first-order chi connectivity index (χ1) is 9.97. The van der Waals surface area contributed by atoms with Crippen LogP contribution in [0.4, 0.5) is 10.5 Å². The predicted octanol–water partition coefficient (Wildman–Crippen LogP) is 3.87. The highest BCUT2D eigenvalue weighted by Crippen LogP contribution is 2.27. The fourth-order valence-corrected chi connectivity index (χ4v) is 3.30. The smallest absolute Gasteiger partial charge is 0.319 e. The van der Waals surface area contributed by atoms with Gasteiger partial charge in [-0.1, -0.05) is 24.4 Å². The van der Waals surface area contributed by atoms with Gasteiger partial charge < -0.3 is 15.7 Å². The molecule has 1 aliphatic rings. The first kappa shape index (κ1) is 16.1. The number of carbonyl (C=O) groups excluding carboxylic acids is 1. The molecule has 0 radical (unpaired) electrons. The molecule has 1 aromatic rings. The van der Waals surface area contributed by atoms with Crippen LogP contribution in [-0.4, -0.2) is 23.1 Å². The summed E-state index contributed by atoms with van der Waals surface area (Å²) in [6, 6.07) is 4.29. The molecule has 0 aliphatic heterocycles. The molecule has 0 heterocycles. The van der Waals surface area contributed by atoms with E-state index in [1.165, 1.54) is 0 Å². The molecule has 0 bridgehead atoms. The van der Waals surface area contributed by atoms with E-state index in [0.717, 1.165) is 12.8 Å². The number of carboxylic acids is 1. The van der Waals surface area contributed by atoms with Crippen molar-refractivity contribution < 1.29 is 14.7 Å². The molecule has 5 nitrogen and oxygen atoms in total. The van der Waals surface area contributed by atoms with Gasteiger partial charge in [-0.05, 0) is 47.0 Å². The van der Waals surface area contributed by atoms with Crippen molar-refractivity contribution in [2.24, 2.45) is 5.92 Å². The summed E-state index contributed by atoms with van der Waals surface area (Å²) in [6.45, 7) is 0. The van der Waals surface area contributed by atoms with Gasteiger partial charge in [0.25, 0.3) is 0 Å². The van der Waals surface area contributed by atoms with Crippen LogP contribution < -0.4 is 10.6 Å². The number of hydrogen-bond donors (Lipinski definition) is 3. The van der Waals surface area contributed by atoms with Gasteiger partial charge in [-0.3, -0.25) is 4.79 Å². The van der Waals surface area contributed by atoms with Crippen molar-refractivity contribution in [2.75, 3.05) is 5.32 Å². The third-order valence-corrected chi connectivity index (χ3v) is 4.47. The number of anilines is 1. The van der Waals surface area contributed by atoms with E-state index in [-0.39, 0.29) is 6.04 Å². The van der Waals surface area contributed by atoms with Crippen molar-refractivity contribution in [1.29, 1.82) is 0 Å². The minimum absolute atomic E-state index is 0.331. The summed E-state index contributed by atoms with van der Waals surface area (Å²) >= 11 is 9.15. The molecule has 1 saturated carbocycles. The van der Waals surface area contributed by atoms with Crippen molar-refractivity contribution in [2.45, 2.75) is 31.7 Å².